The van der Waals surface area contributed by atoms with E-state index in [1.165, 1.54) is 11.3 Å². The molecule has 0 atom stereocenters. The molecule has 0 saturated carbocycles. The van der Waals surface area contributed by atoms with E-state index in [1.54, 1.807) is 0 Å². The largest absolute Gasteiger partial charge is 0.335 e. The summed E-state index contributed by atoms with van der Waals surface area (Å²) >= 11 is 1.43. The van der Waals surface area contributed by atoms with Gasteiger partial charge in [0.25, 0.3) is 5.91 Å². The third kappa shape index (κ3) is 6.08. The minimum absolute atomic E-state index is 0.0437. The number of imide groups is 1. The summed E-state index contributed by atoms with van der Waals surface area (Å²) in [7, 11) is -3.57. The molecule has 3 heterocycles. The Hall–Kier alpha value is -1.82. The average Bonchev–Trinajstić information content (AvgIpc) is 3.22. The predicted octanol–water partition coefficient (Wildman–Crippen LogP) is -0.0356. The lowest BCUT2D eigenvalue weighted by Gasteiger charge is -2.34. The Labute approximate surface area is 174 Å². The van der Waals surface area contributed by atoms with Gasteiger partial charge in [-0.2, -0.15) is 0 Å². The molecule has 2 aliphatic rings. The molecule has 160 valence electrons. The summed E-state index contributed by atoms with van der Waals surface area (Å²) in [5.74, 6) is -0.840. The Morgan fingerprint density at radius 2 is 1.76 bits per heavy atom. The van der Waals surface area contributed by atoms with Gasteiger partial charge in [-0.3, -0.25) is 24.2 Å². The monoisotopic (exact) mass is 442 g/mol. The van der Waals surface area contributed by atoms with Crippen molar-refractivity contribution in [3.63, 3.8) is 0 Å². The Balaban J connectivity index is 1.36. The van der Waals surface area contributed by atoms with Crippen molar-refractivity contribution in [3.05, 3.63) is 22.4 Å². The third-order valence-corrected chi connectivity index (χ3v) is 7.33. The van der Waals surface area contributed by atoms with Crippen LogP contribution in [-0.4, -0.2) is 92.4 Å². The molecule has 9 nitrogen and oxygen atoms in total. The minimum Gasteiger partial charge on any atom is -0.335 e. The van der Waals surface area contributed by atoms with Crippen LogP contribution in [0.25, 0.3) is 0 Å². The normalized spacial score (nSPS) is 19.0. The second kappa shape index (κ2) is 9.79. The van der Waals surface area contributed by atoms with E-state index in [4.69, 9.17) is 0 Å². The first-order chi connectivity index (χ1) is 13.9. The van der Waals surface area contributed by atoms with Crippen LogP contribution < -0.4 is 4.72 Å². The zero-order valence-electron chi connectivity index (χ0n) is 16.2. The SMILES string of the molecule is O=C(c1cccs1)N1CCN(CCNS(=O)(=O)CCN2C(=O)CCCC2=O)CC1. The van der Waals surface area contributed by atoms with Crippen molar-refractivity contribution in [3.8, 4) is 0 Å². The van der Waals surface area contributed by atoms with Gasteiger partial charge < -0.3 is 4.90 Å². The van der Waals surface area contributed by atoms with E-state index in [1.807, 2.05) is 22.4 Å². The van der Waals surface area contributed by atoms with Crippen molar-refractivity contribution < 1.29 is 22.8 Å². The molecule has 3 rings (SSSR count). The van der Waals surface area contributed by atoms with Crippen LogP contribution >= 0.6 is 11.3 Å². The van der Waals surface area contributed by atoms with Gasteiger partial charge >= 0.3 is 0 Å². The number of hydrogen-bond acceptors (Lipinski definition) is 7. The van der Waals surface area contributed by atoms with Crippen LogP contribution in [0.4, 0.5) is 0 Å². The van der Waals surface area contributed by atoms with Gasteiger partial charge in [-0.25, -0.2) is 13.1 Å². The molecule has 1 aromatic rings. The molecule has 0 aromatic carbocycles. The summed E-state index contributed by atoms with van der Waals surface area (Å²) in [5.41, 5.74) is 0. The zero-order chi connectivity index (χ0) is 20.9. The topological polar surface area (TPSA) is 107 Å². The minimum atomic E-state index is -3.57. The molecular weight excluding hydrogens is 416 g/mol. The van der Waals surface area contributed by atoms with Gasteiger partial charge in [-0.1, -0.05) is 6.07 Å². The Bertz CT molecular complexity index is 816. The Morgan fingerprint density at radius 3 is 2.38 bits per heavy atom. The number of rotatable bonds is 8. The van der Waals surface area contributed by atoms with Crippen molar-refractivity contribution in [2.45, 2.75) is 19.3 Å². The van der Waals surface area contributed by atoms with Gasteiger partial charge in [-0.15, -0.1) is 11.3 Å². The number of carbonyl (C=O) groups is 3. The van der Waals surface area contributed by atoms with Gasteiger partial charge in [-0.05, 0) is 17.9 Å². The second-order valence-electron chi connectivity index (χ2n) is 7.12. The standard InChI is InChI=1S/C18H26N4O5S2/c23-16-4-1-5-17(24)22(16)12-14-29(26,27)19-6-7-20-8-10-21(11-9-20)18(25)15-3-2-13-28-15/h2-3,13,19H,1,4-12,14H2. The summed E-state index contributed by atoms with van der Waals surface area (Å²) in [6.45, 7) is 3.30. The molecule has 29 heavy (non-hydrogen) atoms. The average molecular weight is 443 g/mol. The maximum Gasteiger partial charge on any atom is 0.264 e. The van der Waals surface area contributed by atoms with Gasteiger partial charge in [0.15, 0.2) is 0 Å². The number of hydrogen-bond donors (Lipinski definition) is 1. The molecule has 0 spiro atoms. The second-order valence-corrected chi connectivity index (χ2v) is 9.99. The summed E-state index contributed by atoms with van der Waals surface area (Å²) in [5, 5.41) is 1.88. The molecule has 0 unspecified atom stereocenters. The molecule has 2 saturated heterocycles. The highest BCUT2D eigenvalue weighted by Gasteiger charge is 2.27. The maximum atomic E-state index is 12.3. The number of thiophene rings is 1. The van der Waals surface area contributed by atoms with Crippen LogP contribution in [0.1, 0.15) is 28.9 Å². The molecule has 0 radical (unpaired) electrons. The highest BCUT2D eigenvalue weighted by atomic mass is 32.2. The first-order valence-electron chi connectivity index (χ1n) is 9.71. The van der Waals surface area contributed by atoms with E-state index < -0.39 is 10.0 Å². The van der Waals surface area contributed by atoms with Crippen LogP contribution in [0.3, 0.4) is 0 Å². The molecule has 2 aliphatic heterocycles. The van der Waals surface area contributed by atoms with Crippen LogP contribution in [-0.2, 0) is 19.6 Å². The lowest BCUT2D eigenvalue weighted by Crippen LogP contribution is -2.50. The van der Waals surface area contributed by atoms with Crippen LogP contribution in [0.2, 0.25) is 0 Å². The fourth-order valence-electron chi connectivity index (χ4n) is 3.42. The van der Waals surface area contributed by atoms with Crippen molar-refractivity contribution in [1.29, 1.82) is 0 Å². The molecule has 11 heteroatoms. The summed E-state index contributed by atoms with van der Waals surface area (Å²) in [6, 6.07) is 3.68. The fraction of sp³-hybridized carbons (Fsp3) is 0.611. The number of piperazine rings is 1. The van der Waals surface area contributed by atoms with Crippen LogP contribution in [0.15, 0.2) is 17.5 Å². The van der Waals surface area contributed by atoms with E-state index in [-0.39, 0.29) is 36.6 Å². The van der Waals surface area contributed by atoms with Gasteiger partial charge in [0.05, 0.1) is 10.6 Å². The maximum absolute atomic E-state index is 12.3. The van der Waals surface area contributed by atoms with Gasteiger partial charge in [0.2, 0.25) is 21.8 Å². The summed E-state index contributed by atoms with van der Waals surface area (Å²) in [6.07, 6.45) is 1.12. The number of likely N-dealkylation sites (tertiary alicyclic amines) is 1. The van der Waals surface area contributed by atoms with E-state index in [0.29, 0.717) is 52.0 Å². The van der Waals surface area contributed by atoms with E-state index in [9.17, 15) is 22.8 Å². The fourth-order valence-corrected chi connectivity index (χ4v) is 5.08. The van der Waals surface area contributed by atoms with E-state index >= 15 is 0 Å². The molecule has 0 aliphatic carbocycles. The molecule has 2 fully saturated rings. The molecule has 0 bridgehead atoms. The van der Waals surface area contributed by atoms with Crippen LogP contribution in [0.5, 0.6) is 0 Å². The first kappa shape index (κ1) is 21.9. The number of piperidine rings is 1. The highest BCUT2D eigenvalue weighted by molar-refractivity contribution is 7.89. The number of nitrogens with zero attached hydrogens (tertiary/aromatic N) is 3. The summed E-state index contributed by atoms with van der Waals surface area (Å²) in [4.78, 5) is 41.5. The number of nitrogens with one attached hydrogen (secondary N) is 1. The summed E-state index contributed by atoms with van der Waals surface area (Å²) < 4.78 is 26.9. The smallest absolute Gasteiger partial charge is 0.264 e. The lowest BCUT2D eigenvalue weighted by atomic mass is 10.1. The van der Waals surface area contributed by atoms with Crippen molar-refractivity contribution >= 4 is 39.1 Å². The van der Waals surface area contributed by atoms with Crippen molar-refractivity contribution in [2.24, 2.45) is 0 Å². The number of carbonyl (C=O) groups excluding carboxylic acids is 3. The van der Waals surface area contributed by atoms with Crippen LogP contribution in [0, 0.1) is 0 Å². The predicted molar refractivity (Wildman–Crippen MR) is 109 cm³/mol. The Kier molecular flexibility index (Phi) is 7.38. The van der Waals surface area contributed by atoms with Crippen molar-refractivity contribution in [2.75, 3.05) is 51.6 Å². The van der Waals surface area contributed by atoms with E-state index in [2.05, 4.69) is 9.62 Å². The zero-order valence-corrected chi connectivity index (χ0v) is 17.8. The molecule has 3 amide bonds. The number of sulfonamides is 1. The highest BCUT2D eigenvalue weighted by Crippen LogP contribution is 2.14. The Morgan fingerprint density at radius 1 is 1.07 bits per heavy atom. The molecule has 1 aromatic heterocycles. The molecule has 1 N–H and O–H groups in total. The lowest BCUT2D eigenvalue weighted by molar-refractivity contribution is -0.147. The van der Waals surface area contributed by atoms with Crippen molar-refractivity contribution in [1.82, 2.24) is 19.4 Å². The number of amides is 3. The third-order valence-electron chi connectivity index (χ3n) is 5.11. The van der Waals surface area contributed by atoms with Gasteiger partial charge in [0.1, 0.15) is 0 Å². The first-order valence-corrected chi connectivity index (χ1v) is 12.2. The van der Waals surface area contributed by atoms with E-state index in [0.717, 1.165) is 9.78 Å². The quantitative estimate of drug-likeness (QED) is 0.567. The molecular formula is C18H26N4O5S2. The van der Waals surface area contributed by atoms with Gasteiger partial charge in [0, 0.05) is 58.7 Å².